The standard InChI is InChI=1S/C32H42N2O6/c1-3-5-7-20-39-26-13-11-24(12-14-26)29-28(30(35)25-9-8-10-27(23-25)40-19-6-4-2)31(36)32(37)34(29)16-15-33-17-21-38-22-18-33/h8-14,23,29,35H,3-7,15-22H2,1-2H3/b30-28+. The number of benzene rings is 2. The number of Topliss-reactive ketones (excluding diaryl/α,β-unsaturated/α-hetero) is 1. The molecule has 8 nitrogen and oxygen atoms in total. The van der Waals surface area contributed by atoms with Crippen LogP contribution in [-0.2, 0) is 14.3 Å². The Hall–Kier alpha value is -3.36. The largest absolute Gasteiger partial charge is 0.507 e. The van der Waals surface area contributed by atoms with Crippen LogP contribution in [0.4, 0.5) is 0 Å². The van der Waals surface area contributed by atoms with Gasteiger partial charge in [-0.2, -0.15) is 0 Å². The summed E-state index contributed by atoms with van der Waals surface area (Å²) in [4.78, 5) is 30.6. The number of carbonyl (C=O) groups excluding carboxylic acids is 2. The van der Waals surface area contributed by atoms with Crippen molar-refractivity contribution >= 4 is 17.4 Å². The molecule has 1 N–H and O–H groups in total. The van der Waals surface area contributed by atoms with Gasteiger partial charge in [0, 0.05) is 31.7 Å². The zero-order valence-corrected chi connectivity index (χ0v) is 23.8. The van der Waals surface area contributed by atoms with E-state index >= 15 is 0 Å². The third-order valence-corrected chi connectivity index (χ3v) is 7.39. The third kappa shape index (κ3) is 7.43. The van der Waals surface area contributed by atoms with Gasteiger partial charge < -0.3 is 24.2 Å². The van der Waals surface area contributed by atoms with E-state index in [1.165, 1.54) is 0 Å². The molecule has 0 spiro atoms. The second-order valence-corrected chi connectivity index (χ2v) is 10.3. The Kier molecular flexibility index (Phi) is 11.0. The number of morpholine rings is 1. The van der Waals surface area contributed by atoms with E-state index in [1.807, 2.05) is 30.3 Å². The number of aliphatic hydroxyl groups excluding tert-OH is 1. The molecule has 1 atom stereocenters. The van der Waals surface area contributed by atoms with Crippen molar-refractivity contribution in [1.82, 2.24) is 9.80 Å². The van der Waals surface area contributed by atoms with Crippen LogP contribution >= 0.6 is 0 Å². The fourth-order valence-corrected chi connectivity index (χ4v) is 5.04. The summed E-state index contributed by atoms with van der Waals surface area (Å²) in [7, 11) is 0. The molecule has 2 aliphatic rings. The van der Waals surface area contributed by atoms with Gasteiger partial charge in [-0.3, -0.25) is 14.5 Å². The minimum Gasteiger partial charge on any atom is -0.507 e. The molecule has 1 amide bonds. The molecule has 0 aromatic heterocycles. The molecule has 40 heavy (non-hydrogen) atoms. The molecule has 0 bridgehead atoms. The summed E-state index contributed by atoms with van der Waals surface area (Å²) in [5, 5.41) is 11.5. The van der Waals surface area contributed by atoms with Gasteiger partial charge in [0.2, 0.25) is 0 Å². The highest BCUT2D eigenvalue weighted by Gasteiger charge is 2.46. The molecule has 8 heteroatoms. The topological polar surface area (TPSA) is 88.5 Å². The second-order valence-electron chi connectivity index (χ2n) is 10.3. The summed E-state index contributed by atoms with van der Waals surface area (Å²) in [6, 6.07) is 13.8. The van der Waals surface area contributed by atoms with E-state index in [0.29, 0.717) is 50.8 Å². The summed E-state index contributed by atoms with van der Waals surface area (Å²) in [5.74, 6) is -0.128. The van der Waals surface area contributed by atoms with Crippen LogP contribution < -0.4 is 9.47 Å². The van der Waals surface area contributed by atoms with E-state index in [9.17, 15) is 14.7 Å². The highest BCUT2D eigenvalue weighted by Crippen LogP contribution is 2.40. The van der Waals surface area contributed by atoms with E-state index in [4.69, 9.17) is 14.2 Å². The molecular formula is C32H42N2O6. The number of rotatable bonds is 14. The molecule has 0 radical (unpaired) electrons. The Morgan fingerprint density at radius 3 is 2.33 bits per heavy atom. The molecule has 2 heterocycles. The van der Waals surface area contributed by atoms with E-state index in [2.05, 4.69) is 18.7 Å². The second kappa shape index (κ2) is 14.9. The lowest BCUT2D eigenvalue weighted by molar-refractivity contribution is -0.140. The van der Waals surface area contributed by atoms with Crippen LogP contribution in [0.25, 0.3) is 5.76 Å². The first-order chi connectivity index (χ1) is 19.5. The molecule has 1 unspecified atom stereocenters. The first kappa shape index (κ1) is 29.6. The molecular weight excluding hydrogens is 508 g/mol. The summed E-state index contributed by atoms with van der Waals surface area (Å²) < 4.78 is 17.2. The van der Waals surface area contributed by atoms with Gasteiger partial charge in [-0.05, 0) is 42.7 Å². The lowest BCUT2D eigenvalue weighted by Crippen LogP contribution is -2.42. The number of unbranched alkanes of at least 4 members (excludes halogenated alkanes) is 3. The Balaban J connectivity index is 1.64. The number of ketones is 1. The van der Waals surface area contributed by atoms with Crippen LogP contribution in [0, 0.1) is 0 Å². The van der Waals surface area contributed by atoms with Gasteiger partial charge in [0.25, 0.3) is 11.7 Å². The zero-order chi connectivity index (χ0) is 28.3. The van der Waals surface area contributed by atoms with E-state index in [-0.39, 0.29) is 11.3 Å². The van der Waals surface area contributed by atoms with Crippen LogP contribution in [0.1, 0.15) is 63.1 Å². The van der Waals surface area contributed by atoms with Crippen LogP contribution in [-0.4, -0.2) is 79.2 Å². The molecule has 216 valence electrons. The van der Waals surface area contributed by atoms with Crippen LogP contribution in [0.3, 0.4) is 0 Å². The molecule has 0 aliphatic carbocycles. The predicted molar refractivity (Wildman–Crippen MR) is 155 cm³/mol. The first-order valence-electron chi connectivity index (χ1n) is 14.6. The van der Waals surface area contributed by atoms with Crippen molar-refractivity contribution in [3.63, 3.8) is 0 Å². The Labute approximate surface area is 237 Å². The minimum absolute atomic E-state index is 0.0919. The highest BCUT2D eigenvalue weighted by atomic mass is 16.5. The molecule has 2 saturated heterocycles. The number of hydrogen-bond donors (Lipinski definition) is 1. The summed E-state index contributed by atoms with van der Waals surface area (Å²) in [5.41, 5.74) is 1.29. The molecule has 0 saturated carbocycles. The summed E-state index contributed by atoms with van der Waals surface area (Å²) >= 11 is 0. The van der Waals surface area contributed by atoms with Crippen molar-refractivity contribution in [2.45, 2.75) is 52.0 Å². The third-order valence-electron chi connectivity index (χ3n) is 7.39. The number of hydrogen-bond acceptors (Lipinski definition) is 7. The first-order valence-corrected chi connectivity index (χ1v) is 14.6. The molecule has 2 fully saturated rings. The normalized spacial score (nSPS) is 19.2. The highest BCUT2D eigenvalue weighted by molar-refractivity contribution is 6.46. The lowest BCUT2D eigenvalue weighted by Gasteiger charge is -2.31. The van der Waals surface area contributed by atoms with Crippen LogP contribution in [0.5, 0.6) is 11.5 Å². The van der Waals surface area contributed by atoms with Gasteiger partial charge >= 0.3 is 0 Å². The molecule has 2 aromatic carbocycles. The Morgan fingerprint density at radius 2 is 1.60 bits per heavy atom. The average Bonchev–Trinajstić information content (AvgIpc) is 3.24. The van der Waals surface area contributed by atoms with Crippen molar-refractivity contribution in [1.29, 1.82) is 0 Å². The average molecular weight is 551 g/mol. The van der Waals surface area contributed by atoms with Crippen molar-refractivity contribution in [3.8, 4) is 11.5 Å². The quantitative estimate of drug-likeness (QED) is 0.150. The van der Waals surface area contributed by atoms with Gasteiger partial charge in [0.15, 0.2) is 0 Å². The maximum atomic E-state index is 13.4. The van der Waals surface area contributed by atoms with Gasteiger partial charge in [-0.1, -0.05) is 57.4 Å². The number of ether oxygens (including phenoxy) is 3. The van der Waals surface area contributed by atoms with E-state index in [1.54, 1.807) is 23.1 Å². The molecule has 4 rings (SSSR count). The predicted octanol–water partition coefficient (Wildman–Crippen LogP) is 5.19. The van der Waals surface area contributed by atoms with Crippen LogP contribution in [0.15, 0.2) is 54.1 Å². The Bertz CT molecular complexity index is 1160. The number of amides is 1. The number of carbonyl (C=O) groups is 2. The van der Waals surface area contributed by atoms with Crippen molar-refractivity contribution in [3.05, 3.63) is 65.2 Å². The van der Waals surface area contributed by atoms with E-state index < -0.39 is 17.7 Å². The fourth-order valence-electron chi connectivity index (χ4n) is 5.04. The monoisotopic (exact) mass is 550 g/mol. The number of likely N-dealkylation sites (tertiary alicyclic amines) is 1. The fraction of sp³-hybridized carbons (Fsp3) is 0.500. The van der Waals surface area contributed by atoms with Crippen molar-refractivity contribution < 1.29 is 28.9 Å². The maximum Gasteiger partial charge on any atom is 0.295 e. The minimum atomic E-state index is -0.708. The number of nitrogens with zero attached hydrogens (tertiary/aromatic N) is 2. The van der Waals surface area contributed by atoms with Crippen molar-refractivity contribution in [2.24, 2.45) is 0 Å². The van der Waals surface area contributed by atoms with Gasteiger partial charge in [0.1, 0.15) is 17.3 Å². The van der Waals surface area contributed by atoms with Gasteiger partial charge in [-0.15, -0.1) is 0 Å². The Morgan fingerprint density at radius 1 is 0.900 bits per heavy atom. The summed E-state index contributed by atoms with van der Waals surface area (Å²) in [6.45, 7) is 9.30. The van der Waals surface area contributed by atoms with Gasteiger partial charge in [0.05, 0.1) is 38.0 Å². The zero-order valence-electron chi connectivity index (χ0n) is 23.8. The summed E-state index contributed by atoms with van der Waals surface area (Å²) in [6.07, 6.45) is 5.15. The van der Waals surface area contributed by atoms with Gasteiger partial charge in [-0.25, -0.2) is 0 Å². The maximum absolute atomic E-state index is 13.4. The van der Waals surface area contributed by atoms with E-state index in [0.717, 1.165) is 56.5 Å². The van der Waals surface area contributed by atoms with Crippen molar-refractivity contribution in [2.75, 3.05) is 52.6 Å². The number of aliphatic hydroxyl groups is 1. The molecule has 2 aliphatic heterocycles. The van der Waals surface area contributed by atoms with Crippen LogP contribution in [0.2, 0.25) is 0 Å². The molecule has 2 aromatic rings. The lowest BCUT2D eigenvalue weighted by atomic mass is 9.95. The smallest absolute Gasteiger partial charge is 0.295 e. The SMILES string of the molecule is CCCCCOc1ccc(C2/C(=C(\O)c3cccc(OCCCC)c3)C(=O)C(=O)N2CCN2CCOCC2)cc1.